The van der Waals surface area contributed by atoms with E-state index in [9.17, 15) is 23.1 Å². The normalized spacial score (nSPS) is 13.4. The van der Waals surface area contributed by atoms with Crippen molar-refractivity contribution >= 4 is 5.97 Å². The van der Waals surface area contributed by atoms with E-state index in [1.54, 1.807) is 0 Å². The Morgan fingerprint density at radius 2 is 1.94 bits per heavy atom. The minimum absolute atomic E-state index is 0.107. The molecule has 1 rings (SSSR count). The monoisotopic (exact) mass is 249 g/mol. The molecule has 0 aliphatic rings. The van der Waals surface area contributed by atoms with Gasteiger partial charge in [-0.15, -0.1) is 0 Å². The number of rotatable bonds is 4. The standard InChI is InChI=1S/C10H10F3NO3/c11-10(12,13)5-14-8(9(16)17)6-3-1-2-4-7(6)15/h1-4,8,14-15H,5H2,(H,16,17). The Balaban J connectivity index is 2.88. The van der Waals surface area contributed by atoms with Crippen LogP contribution in [-0.4, -0.2) is 28.9 Å². The van der Waals surface area contributed by atoms with Gasteiger partial charge in [0, 0.05) is 5.56 Å². The summed E-state index contributed by atoms with van der Waals surface area (Å²) in [4.78, 5) is 10.8. The number of nitrogens with one attached hydrogen (secondary N) is 1. The summed E-state index contributed by atoms with van der Waals surface area (Å²) in [6.07, 6.45) is -4.52. The van der Waals surface area contributed by atoms with Gasteiger partial charge in [-0.25, -0.2) is 0 Å². The second-order valence-electron chi connectivity index (χ2n) is 3.33. The molecular weight excluding hydrogens is 239 g/mol. The number of carbonyl (C=O) groups is 1. The quantitative estimate of drug-likeness (QED) is 0.759. The Morgan fingerprint density at radius 3 is 2.41 bits per heavy atom. The average molecular weight is 249 g/mol. The number of hydrogen-bond donors (Lipinski definition) is 3. The highest BCUT2D eigenvalue weighted by Crippen LogP contribution is 2.25. The Kier molecular flexibility index (Phi) is 3.95. The lowest BCUT2D eigenvalue weighted by Crippen LogP contribution is -2.36. The molecule has 3 N–H and O–H groups in total. The number of benzene rings is 1. The average Bonchev–Trinajstić information content (AvgIpc) is 2.18. The summed E-state index contributed by atoms with van der Waals surface area (Å²) in [6.45, 7) is -1.45. The second kappa shape index (κ2) is 5.05. The highest BCUT2D eigenvalue weighted by Gasteiger charge is 2.31. The number of halogens is 3. The first-order valence-corrected chi connectivity index (χ1v) is 4.62. The molecular formula is C10H10F3NO3. The Bertz CT molecular complexity index is 406. The molecule has 4 nitrogen and oxygen atoms in total. The first-order valence-electron chi connectivity index (χ1n) is 4.62. The largest absolute Gasteiger partial charge is 0.508 e. The summed E-state index contributed by atoms with van der Waals surface area (Å²) >= 11 is 0. The van der Waals surface area contributed by atoms with Crippen molar-refractivity contribution in [3.8, 4) is 5.75 Å². The number of phenols is 1. The van der Waals surface area contributed by atoms with Crippen LogP contribution in [0.25, 0.3) is 0 Å². The molecule has 0 spiro atoms. The van der Waals surface area contributed by atoms with Crippen molar-refractivity contribution in [3.05, 3.63) is 29.8 Å². The minimum Gasteiger partial charge on any atom is -0.508 e. The number of carboxylic acid groups (broad SMARTS) is 1. The van der Waals surface area contributed by atoms with Crippen LogP contribution in [-0.2, 0) is 4.79 Å². The van der Waals surface area contributed by atoms with Crippen LogP contribution in [0.1, 0.15) is 11.6 Å². The highest BCUT2D eigenvalue weighted by atomic mass is 19.4. The van der Waals surface area contributed by atoms with E-state index in [2.05, 4.69) is 0 Å². The Morgan fingerprint density at radius 1 is 1.35 bits per heavy atom. The van der Waals surface area contributed by atoms with Crippen molar-refractivity contribution in [2.75, 3.05) is 6.54 Å². The maximum atomic E-state index is 12.0. The summed E-state index contributed by atoms with van der Waals surface area (Å²) in [6, 6.07) is 3.73. The first kappa shape index (κ1) is 13.3. The first-order chi connectivity index (χ1) is 7.81. The van der Waals surface area contributed by atoms with Crippen molar-refractivity contribution in [3.63, 3.8) is 0 Å². The van der Waals surface area contributed by atoms with Crippen LogP contribution < -0.4 is 5.32 Å². The van der Waals surface area contributed by atoms with E-state index in [1.807, 2.05) is 5.32 Å². The van der Waals surface area contributed by atoms with Crippen LogP contribution in [0.2, 0.25) is 0 Å². The Labute approximate surface area is 94.7 Å². The van der Waals surface area contributed by atoms with Gasteiger partial charge in [-0.3, -0.25) is 10.1 Å². The summed E-state index contributed by atoms with van der Waals surface area (Å²) in [7, 11) is 0. The lowest BCUT2D eigenvalue weighted by atomic mass is 10.1. The molecule has 0 heterocycles. The summed E-state index contributed by atoms with van der Waals surface area (Å²) in [5.41, 5.74) is -0.107. The van der Waals surface area contributed by atoms with E-state index < -0.39 is 24.7 Å². The van der Waals surface area contributed by atoms with E-state index in [4.69, 9.17) is 5.11 Å². The number of aliphatic carboxylic acids is 1. The van der Waals surface area contributed by atoms with Gasteiger partial charge in [0.15, 0.2) is 0 Å². The third-order valence-corrected chi connectivity index (χ3v) is 2.00. The molecule has 1 aromatic carbocycles. The van der Waals surface area contributed by atoms with Gasteiger partial charge in [-0.1, -0.05) is 18.2 Å². The van der Waals surface area contributed by atoms with Crippen molar-refractivity contribution in [2.24, 2.45) is 0 Å². The summed E-state index contributed by atoms with van der Waals surface area (Å²) in [5, 5.41) is 20.0. The lowest BCUT2D eigenvalue weighted by Gasteiger charge is -2.17. The SMILES string of the molecule is O=C(O)C(NCC(F)(F)F)c1ccccc1O. The van der Waals surface area contributed by atoms with Crippen molar-refractivity contribution < 1.29 is 28.2 Å². The van der Waals surface area contributed by atoms with Gasteiger partial charge in [0.2, 0.25) is 0 Å². The molecule has 0 aromatic heterocycles. The van der Waals surface area contributed by atoms with Crippen molar-refractivity contribution in [1.82, 2.24) is 5.32 Å². The van der Waals surface area contributed by atoms with Crippen LogP contribution in [0.3, 0.4) is 0 Å². The molecule has 1 atom stereocenters. The zero-order chi connectivity index (χ0) is 13.1. The van der Waals surface area contributed by atoms with Crippen LogP contribution in [0, 0.1) is 0 Å². The molecule has 0 saturated carbocycles. The molecule has 7 heteroatoms. The molecule has 94 valence electrons. The van der Waals surface area contributed by atoms with Gasteiger partial charge in [0.05, 0.1) is 6.54 Å². The van der Waals surface area contributed by atoms with Crippen LogP contribution in [0.5, 0.6) is 5.75 Å². The molecule has 0 aliphatic carbocycles. The maximum Gasteiger partial charge on any atom is 0.401 e. The van der Waals surface area contributed by atoms with E-state index in [1.165, 1.54) is 24.3 Å². The molecule has 0 fully saturated rings. The number of para-hydroxylation sites is 1. The molecule has 0 aliphatic heterocycles. The van der Waals surface area contributed by atoms with Gasteiger partial charge in [-0.05, 0) is 6.07 Å². The highest BCUT2D eigenvalue weighted by molar-refractivity contribution is 5.76. The van der Waals surface area contributed by atoms with Gasteiger partial charge < -0.3 is 10.2 Å². The summed E-state index contributed by atoms with van der Waals surface area (Å²) < 4.78 is 35.9. The molecule has 0 saturated heterocycles. The predicted molar refractivity (Wildman–Crippen MR) is 52.5 cm³/mol. The number of alkyl halides is 3. The Hall–Kier alpha value is -1.76. The fraction of sp³-hybridized carbons (Fsp3) is 0.300. The van der Waals surface area contributed by atoms with Gasteiger partial charge >= 0.3 is 12.1 Å². The fourth-order valence-corrected chi connectivity index (χ4v) is 1.28. The number of hydrogen-bond acceptors (Lipinski definition) is 3. The van der Waals surface area contributed by atoms with Gasteiger partial charge in [0.1, 0.15) is 11.8 Å². The zero-order valence-corrected chi connectivity index (χ0v) is 8.53. The second-order valence-corrected chi connectivity index (χ2v) is 3.33. The molecule has 17 heavy (non-hydrogen) atoms. The van der Waals surface area contributed by atoms with Crippen LogP contribution in [0.15, 0.2) is 24.3 Å². The van der Waals surface area contributed by atoms with Crippen molar-refractivity contribution in [2.45, 2.75) is 12.2 Å². The molecule has 1 unspecified atom stereocenters. The molecule has 0 amide bonds. The van der Waals surface area contributed by atoms with E-state index in [0.29, 0.717) is 0 Å². The molecule has 0 radical (unpaired) electrons. The number of phenolic OH excluding ortho intramolecular Hbond substituents is 1. The number of aromatic hydroxyl groups is 1. The maximum absolute atomic E-state index is 12.0. The third kappa shape index (κ3) is 3.95. The van der Waals surface area contributed by atoms with Crippen molar-refractivity contribution in [1.29, 1.82) is 0 Å². The van der Waals surface area contributed by atoms with Gasteiger partial charge in [0.25, 0.3) is 0 Å². The fourth-order valence-electron chi connectivity index (χ4n) is 1.28. The van der Waals surface area contributed by atoms with Crippen LogP contribution in [0.4, 0.5) is 13.2 Å². The topological polar surface area (TPSA) is 69.6 Å². The molecule has 1 aromatic rings. The third-order valence-electron chi connectivity index (χ3n) is 2.00. The van der Waals surface area contributed by atoms with E-state index >= 15 is 0 Å². The van der Waals surface area contributed by atoms with Crippen LogP contribution >= 0.6 is 0 Å². The van der Waals surface area contributed by atoms with E-state index in [0.717, 1.165) is 0 Å². The summed E-state index contributed by atoms with van der Waals surface area (Å²) in [5.74, 6) is -1.86. The predicted octanol–water partition coefficient (Wildman–Crippen LogP) is 1.67. The minimum atomic E-state index is -4.52. The number of carboxylic acids is 1. The lowest BCUT2D eigenvalue weighted by molar-refractivity contribution is -0.143. The van der Waals surface area contributed by atoms with Gasteiger partial charge in [-0.2, -0.15) is 13.2 Å². The smallest absolute Gasteiger partial charge is 0.401 e. The zero-order valence-electron chi connectivity index (χ0n) is 8.53. The van der Waals surface area contributed by atoms with E-state index in [-0.39, 0.29) is 11.3 Å². The molecule has 0 bridgehead atoms.